The number of halogens is 2. The SMILES string of the molecule is COc1cc(C(C)=O)c(NCC(O)CCl)cc1F. The second-order valence-electron chi connectivity index (χ2n) is 3.78. The molecular formula is C12H15ClFNO3. The highest BCUT2D eigenvalue weighted by molar-refractivity contribution is 6.18. The molecule has 6 heteroatoms. The van der Waals surface area contributed by atoms with E-state index in [1.165, 1.54) is 20.1 Å². The average molecular weight is 276 g/mol. The topological polar surface area (TPSA) is 58.6 Å². The third-order valence-electron chi connectivity index (χ3n) is 2.38. The first-order valence-corrected chi connectivity index (χ1v) is 5.89. The molecule has 0 heterocycles. The molecule has 100 valence electrons. The van der Waals surface area contributed by atoms with Gasteiger partial charge in [-0.1, -0.05) is 0 Å². The number of benzene rings is 1. The van der Waals surface area contributed by atoms with Crippen LogP contribution in [0.15, 0.2) is 12.1 Å². The van der Waals surface area contributed by atoms with Gasteiger partial charge in [0.2, 0.25) is 0 Å². The number of ketones is 1. The first-order valence-electron chi connectivity index (χ1n) is 5.36. The molecule has 0 fully saturated rings. The van der Waals surface area contributed by atoms with Gasteiger partial charge in [0.05, 0.1) is 19.1 Å². The predicted molar refractivity (Wildman–Crippen MR) is 68.2 cm³/mol. The highest BCUT2D eigenvalue weighted by Crippen LogP contribution is 2.26. The van der Waals surface area contributed by atoms with Crippen LogP contribution in [0.1, 0.15) is 17.3 Å². The molecule has 0 saturated carbocycles. The third kappa shape index (κ3) is 3.58. The number of hydrogen-bond donors (Lipinski definition) is 2. The van der Waals surface area contributed by atoms with E-state index in [2.05, 4.69) is 5.32 Å². The molecule has 0 spiro atoms. The summed E-state index contributed by atoms with van der Waals surface area (Å²) >= 11 is 5.45. The standard InChI is InChI=1S/C12H15ClFNO3/c1-7(16)9-3-12(18-2)10(14)4-11(9)15-6-8(17)5-13/h3-4,8,15,17H,5-6H2,1-2H3. The van der Waals surface area contributed by atoms with Crippen LogP contribution in [0, 0.1) is 5.82 Å². The number of carbonyl (C=O) groups excluding carboxylic acids is 1. The van der Waals surface area contributed by atoms with E-state index in [0.29, 0.717) is 11.3 Å². The summed E-state index contributed by atoms with van der Waals surface area (Å²) in [6.07, 6.45) is -0.767. The van der Waals surface area contributed by atoms with Crippen molar-refractivity contribution >= 4 is 23.1 Å². The van der Waals surface area contributed by atoms with Crippen LogP contribution in [-0.4, -0.2) is 36.5 Å². The lowest BCUT2D eigenvalue weighted by molar-refractivity contribution is 0.101. The van der Waals surface area contributed by atoms with Gasteiger partial charge in [-0.05, 0) is 13.0 Å². The molecule has 0 radical (unpaired) electrons. The molecule has 1 aromatic rings. The number of rotatable bonds is 6. The minimum atomic E-state index is -0.767. The fourth-order valence-electron chi connectivity index (χ4n) is 1.43. The molecular weight excluding hydrogens is 261 g/mol. The van der Waals surface area contributed by atoms with Crippen molar-refractivity contribution in [3.63, 3.8) is 0 Å². The molecule has 0 bridgehead atoms. The van der Waals surface area contributed by atoms with Gasteiger partial charge < -0.3 is 15.2 Å². The molecule has 0 saturated heterocycles. The molecule has 18 heavy (non-hydrogen) atoms. The van der Waals surface area contributed by atoms with E-state index in [1.54, 1.807) is 0 Å². The second-order valence-corrected chi connectivity index (χ2v) is 4.09. The summed E-state index contributed by atoms with van der Waals surface area (Å²) in [4.78, 5) is 11.5. The number of alkyl halides is 1. The zero-order valence-corrected chi connectivity index (χ0v) is 10.9. The van der Waals surface area contributed by atoms with Crippen molar-refractivity contribution in [3.8, 4) is 5.75 Å². The summed E-state index contributed by atoms with van der Waals surface area (Å²) in [5.74, 6) is -0.744. The fraction of sp³-hybridized carbons (Fsp3) is 0.417. The van der Waals surface area contributed by atoms with Crippen molar-refractivity contribution in [2.45, 2.75) is 13.0 Å². The maximum atomic E-state index is 13.5. The van der Waals surface area contributed by atoms with Gasteiger partial charge in [-0.2, -0.15) is 0 Å². The van der Waals surface area contributed by atoms with Gasteiger partial charge >= 0.3 is 0 Å². The summed E-state index contributed by atoms with van der Waals surface area (Å²) in [7, 11) is 1.33. The summed E-state index contributed by atoms with van der Waals surface area (Å²) < 4.78 is 18.3. The smallest absolute Gasteiger partial charge is 0.167 e. The molecule has 1 unspecified atom stereocenters. The predicted octanol–water partition coefficient (Wildman–Crippen LogP) is 2.05. The minimum Gasteiger partial charge on any atom is -0.494 e. The average Bonchev–Trinajstić information content (AvgIpc) is 2.35. The van der Waals surface area contributed by atoms with Gasteiger partial charge in [0.25, 0.3) is 0 Å². The van der Waals surface area contributed by atoms with E-state index in [9.17, 15) is 14.3 Å². The van der Waals surface area contributed by atoms with Crippen LogP contribution in [-0.2, 0) is 0 Å². The van der Waals surface area contributed by atoms with Crippen LogP contribution in [0.25, 0.3) is 0 Å². The highest BCUT2D eigenvalue weighted by atomic mass is 35.5. The molecule has 0 aliphatic heterocycles. The van der Waals surface area contributed by atoms with E-state index in [1.807, 2.05) is 0 Å². The first kappa shape index (κ1) is 14.7. The lowest BCUT2D eigenvalue weighted by atomic mass is 10.1. The van der Waals surface area contributed by atoms with E-state index in [-0.39, 0.29) is 24.0 Å². The van der Waals surface area contributed by atoms with E-state index < -0.39 is 11.9 Å². The fourth-order valence-corrected chi connectivity index (χ4v) is 1.54. The summed E-state index contributed by atoms with van der Waals surface area (Å²) in [6.45, 7) is 1.51. The summed E-state index contributed by atoms with van der Waals surface area (Å²) in [5, 5.41) is 12.1. The van der Waals surface area contributed by atoms with Crippen LogP contribution in [0.4, 0.5) is 10.1 Å². The first-order chi connectivity index (χ1) is 8.49. The van der Waals surface area contributed by atoms with Crippen molar-refractivity contribution in [1.82, 2.24) is 0 Å². The minimum absolute atomic E-state index is 0.00337. The Labute approximate surface area is 110 Å². The molecule has 0 aromatic heterocycles. The lowest BCUT2D eigenvalue weighted by Crippen LogP contribution is -2.21. The maximum absolute atomic E-state index is 13.5. The summed E-state index contributed by atoms with van der Waals surface area (Å²) in [6, 6.07) is 2.49. The number of nitrogens with one attached hydrogen (secondary N) is 1. The van der Waals surface area contributed by atoms with Crippen molar-refractivity contribution < 1.29 is 19.0 Å². The lowest BCUT2D eigenvalue weighted by Gasteiger charge is -2.14. The van der Waals surface area contributed by atoms with Gasteiger partial charge in [0.1, 0.15) is 0 Å². The van der Waals surface area contributed by atoms with Gasteiger partial charge in [-0.15, -0.1) is 11.6 Å². The molecule has 1 rings (SSSR count). The Kier molecular flexibility index (Phi) is 5.37. The number of aliphatic hydroxyl groups is 1. The van der Waals surface area contributed by atoms with E-state index in [0.717, 1.165) is 6.07 Å². The molecule has 0 aliphatic carbocycles. The van der Waals surface area contributed by atoms with Crippen LogP contribution < -0.4 is 10.1 Å². The van der Waals surface area contributed by atoms with Crippen LogP contribution in [0.2, 0.25) is 0 Å². The zero-order valence-electron chi connectivity index (χ0n) is 10.2. The quantitative estimate of drug-likeness (QED) is 0.616. The monoisotopic (exact) mass is 275 g/mol. The van der Waals surface area contributed by atoms with Gasteiger partial charge in [0, 0.05) is 23.9 Å². The Bertz CT molecular complexity index is 440. The normalized spacial score (nSPS) is 12.1. The number of methoxy groups -OCH3 is 1. The largest absolute Gasteiger partial charge is 0.494 e. The van der Waals surface area contributed by atoms with Crippen LogP contribution in [0.5, 0.6) is 5.75 Å². The van der Waals surface area contributed by atoms with Gasteiger partial charge in [0.15, 0.2) is 17.3 Å². The third-order valence-corrected chi connectivity index (χ3v) is 2.73. The van der Waals surface area contributed by atoms with Gasteiger partial charge in [-0.3, -0.25) is 4.79 Å². The number of aliphatic hydroxyl groups excluding tert-OH is 1. The molecule has 4 nitrogen and oxygen atoms in total. The number of ether oxygens (including phenoxy) is 1. The summed E-state index contributed by atoms with van der Waals surface area (Å²) in [5.41, 5.74) is 0.611. The van der Waals surface area contributed by atoms with Crippen LogP contribution >= 0.6 is 11.6 Å². The zero-order chi connectivity index (χ0) is 13.7. The molecule has 0 amide bonds. The van der Waals surface area contributed by atoms with Crippen molar-refractivity contribution in [2.75, 3.05) is 24.9 Å². The van der Waals surface area contributed by atoms with Crippen LogP contribution in [0.3, 0.4) is 0 Å². The number of hydrogen-bond acceptors (Lipinski definition) is 4. The number of carbonyl (C=O) groups is 1. The van der Waals surface area contributed by atoms with E-state index in [4.69, 9.17) is 16.3 Å². The van der Waals surface area contributed by atoms with Gasteiger partial charge in [-0.25, -0.2) is 4.39 Å². The molecule has 1 atom stereocenters. The van der Waals surface area contributed by atoms with E-state index >= 15 is 0 Å². The Hall–Kier alpha value is -1.33. The maximum Gasteiger partial charge on any atom is 0.167 e. The Morgan fingerprint density at radius 2 is 2.28 bits per heavy atom. The molecule has 0 aliphatic rings. The Balaban J connectivity index is 3.01. The number of Topliss-reactive ketones (excluding diaryl/α,β-unsaturated/α-hetero) is 1. The Morgan fingerprint density at radius 3 is 2.78 bits per heavy atom. The highest BCUT2D eigenvalue weighted by Gasteiger charge is 2.14. The van der Waals surface area contributed by atoms with Crippen molar-refractivity contribution in [1.29, 1.82) is 0 Å². The van der Waals surface area contributed by atoms with Crippen molar-refractivity contribution in [3.05, 3.63) is 23.5 Å². The molecule has 2 N–H and O–H groups in total. The second kappa shape index (κ2) is 6.56. The molecule has 1 aromatic carbocycles. The van der Waals surface area contributed by atoms with Crippen molar-refractivity contribution in [2.24, 2.45) is 0 Å². The number of anilines is 1. The Morgan fingerprint density at radius 1 is 1.61 bits per heavy atom.